The topological polar surface area (TPSA) is 35.7 Å². The van der Waals surface area contributed by atoms with E-state index in [9.17, 15) is 0 Å². The van der Waals surface area contributed by atoms with E-state index in [0.717, 1.165) is 13.1 Å². The van der Waals surface area contributed by atoms with Gasteiger partial charge in [-0.25, -0.2) is 0 Å². The second-order valence-corrected chi connectivity index (χ2v) is 6.65. The average molecular weight is 254 g/mol. The fraction of sp³-hybridized carbons (Fsp3) is 1.00. The summed E-state index contributed by atoms with van der Waals surface area (Å²) in [6, 6.07) is 1.36. The molecule has 2 rings (SSSR count). The Labute approximate surface area is 112 Å². The highest BCUT2D eigenvalue weighted by Crippen LogP contribution is 2.36. The molecule has 4 heteroatoms. The first-order chi connectivity index (χ1) is 8.48. The number of likely N-dealkylation sites (tertiary alicyclic amines) is 2. The number of rotatable bonds is 4. The highest BCUT2D eigenvalue weighted by atomic mass is 15.3. The number of likely N-dealkylation sites (N-methyl/N-ethyl adjacent to an activating group) is 2. The minimum absolute atomic E-state index is 0.228. The fourth-order valence-electron chi connectivity index (χ4n) is 3.94. The standard InChI is InChI=1S/C14H30N4/c1-12-8-14(10-15,11-17(12)4)18-7-5-6-13(18)9-16(2)3/h12-13H,5-11,15H2,1-4H3. The van der Waals surface area contributed by atoms with Crippen LogP contribution in [-0.4, -0.2) is 79.6 Å². The van der Waals surface area contributed by atoms with E-state index in [1.807, 2.05) is 0 Å². The summed E-state index contributed by atoms with van der Waals surface area (Å²) < 4.78 is 0. The van der Waals surface area contributed by atoms with Crippen molar-refractivity contribution < 1.29 is 0 Å². The minimum Gasteiger partial charge on any atom is -0.329 e. The molecule has 0 aromatic heterocycles. The van der Waals surface area contributed by atoms with Crippen molar-refractivity contribution >= 4 is 0 Å². The summed E-state index contributed by atoms with van der Waals surface area (Å²) in [5.74, 6) is 0. The molecule has 0 aromatic rings. The van der Waals surface area contributed by atoms with Crippen LogP contribution in [0.15, 0.2) is 0 Å². The largest absolute Gasteiger partial charge is 0.329 e. The molecule has 0 bridgehead atoms. The van der Waals surface area contributed by atoms with E-state index in [1.165, 1.54) is 32.4 Å². The zero-order valence-corrected chi connectivity index (χ0v) is 12.5. The Morgan fingerprint density at radius 3 is 2.61 bits per heavy atom. The lowest BCUT2D eigenvalue weighted by atomic mass is 9.93. The maximum absolute atomic E-state index is 6.18. The van der Waals surface area contributed by atoms with Gasteiger partial charge in [-0.2, -0.15) is 0 Å². The molecule has 0 saturated carbocycles. The molecule has 0 spiro atoms. The summed E-state index contributed by atoms with van der Waals surface area (Å²) in [5, 5.41) is 0. The third kappa shape index (κ3) is 2.57. The van der Waals surface area contributed by atoms with E-state index >= 15 is 0 Å². The second kappa shape index (κ2) is 5.45. The van der Waals surface area contributed by atoms with Gasteiger partial charge in [-0.3, -0.25) is 4.90 Å². The summed E-state index contributed by atoms with van der Waals surface area (Å²) in [4.78, 5) is 7.51. The third-order valence-corrected chi connectivity index (χ3v) is 4.91. The highest BCUT2D eigenvalue weighted by molar-refractivity contribution is 5.05. The van der Waals surface area contributed by atoms with Crippen LogP contribution in [0, 0.1) is 0 Å². The van der Waals surface area contributed by atoms with Crippen LogP contribution < -0.4 is 5.73 Å². The first-order valence-corrected chi connectivity index (χ1v) is 7.30. The van der Waals surface area contributed by atoms with Crippen molar-refractivity contribution in [1.29, 1.82) is 0 Å². The molecule has 2 fully saturated rings. The maximum atomic E-state index is 6.18. The van der Waals surface area contributed by atoms with Gasteiger partial charge in [-0.05, 0) is 53.9 Å². The van der Waals surface area contributed by atoms with Crippen molar-refractivity contribution in [3.05, 3.63) is 0 Å². The van der Waals surface area contributed by atoms with Gasteiger partial charge in [0.2, 0.25) is 0 Å². The SMILES string of the molecule is CC1CC(CN)(N2CCCC2CN(C)C)CN1C. The number of hydrogen-bond donors (Lipinski definition) is 1. The van der Waals surface area contributed by atoms with Crippen LogP contribution in [0.1, 0.15) is 26.2 Å². The third-order valence-electron chi connectivity index (χ3n) is 4.91. The quantitative estimate of drug-likeness (QED) is 0.789. The van der Waals surface area contributed by atoms with Crippen molar-refractivity contribution in [3.8, 4) is 0 Å². The van der Waals surface area contributed by atoms with Crippen molar-refractivity contribution in [3.63, 3.8) is 0 Å². The van der Waals surface area contributed by atoms with E-state index in [2.05, 4.69) is 42.8 Å². The van der Waals surface area contributed by atoms with Crippen LogP contribution in [0.4, 0.5) is 0 Å². The van der Waals surface area contributed by atoms with Crippen LogP contribution in [-0.2, 0) is 0 Å². The lowest BCUT2D eigenvalue weighted by Crippen LogP contribution is -2.58. The molecular weight excluding hydrogens is 224 g/mol. The van der Waals surface area contributed by atoms with E-state index in [1.54, 1.807) is 0 Å². The Balaban J connectivity index is 2.12. The van der Waals surface area contributed by atoms with Gasteiger partial charge in [0.25, 0.3) is 0 Å². The van der Waals surface area contributed by atoms with Gasteiger partial charge in [0.05, 0.1) is 0 Å². The van der Waals surface area contributed by atoms with Gasteiger partial charge in [0, 0.05) is 37.3 Å². The molecule has 2 heterocycles. The van der Waals surface area contributed by atoms with Crippen molar-refractivity contribution in [1.82, 2.24) is 14.7 Å². The Hall–Kier alpha value is -0.160. The summed E-state index contributed by atoms with van der Waals surface area (Å²) in [6.45, 7) is 6.66. The van der Waals surface area contributed by atoms with Crippen molar-refractivity contribution in [2.24, 2.45) is 5.73 Å². The molecule has 0 aliphatic carbocycles. The molecule has 18 heavy (non-hydrogen) atoms. The lowest BCUT2D eigenvalue weighted by Gasteiger charge is -2.42. The van der Waals surface area contributed by atoms with Gasteiger partial charge >= 0.3 is 0 Å². The van der Waals surface area contributed by atoms with Gasteiger partial charge in [0.1, 0.15) is 0 Å². The normalized spacial score (nSPS) is 39.0. The lowest BCUT2D eigenvalue weighted by molar-refractivity contribution is 0.0748. The van der Waals surface area contributed by atoms with Crippen LogP contribution in [0.5, 0.6) is 0 Å². The maximum Gasteiger partial charge on any atom is 0.0476 e. The summed E-state index contributed by atoms with van der Waals surface area (Å²) >= 11 is 0. The molecule has 2 N–H and O–H groups in total. The van der Waals surface area contributed by atoms with E-state index < -0.39 is 0 Å². The molecule has 0 aromatic carbocycles. The molecule has 3 atom stereocenters. The van der Waals surface area contributed by atoms with Crippen molar-refractivity contribution in [2.75, 3.05) is 47.3 Å². The Morgan fingerprint density at radius 1 is 1.39 bits per heavy atom. The smallest absolute Gasteiger partial charge is 0.0476 e. The van der Waals surface area contributed by atoms with Crippen LogP contribution in [0.2, 0.25) is 0 Å². The van der Waals surface area contributed by atoms with Crippen LogP contribution in [0.25, 0.3) is 0 Å². The molecule has 106 valence electrons. The number of hydrogen-bond acceptors (Lipinski definition) is 4. The molecule has 2 saturated heterocycles. The Kier molecular flexibility index (Phi) is 4.32. The Bertz CT molecular complexity index is 269. The molecule has 4 nitrogen and oxygen atoms in total. The molecule has 2 aliphatic heterocycles. The minimum atomic E-state index is 0.228. The van der Waals surface area contributed by atoms with Crippen LogP contribution >= 0.6 is 0 Å². The van der Waals surface area contributed by atoms with Gasteiger partial charge in [0.15, 0.2) is 0 Å². The van der Waals surface area contributed by atoms with Crippen LogP contribution in [0.3, 0.4) is 0 Å². The van der Waals surface area contributed by atoms with Gasteiger partial charge < -0.3 is 15.5 Å². The summed E-state index contributed by atoms with van der Waals surface area (Å²) in [5.41, 5.74) is 6.41. The molecule has 3 unspecified atom stereocenters. The van der Waals surface area contributed by atoms with Gasteiger partial charge in [-0.1, -0.05) is 0 Å². The van der Waals surface area contributed by atoms with E-state index in [4.69, 9.17) is 5.73 Å². The Morgan fingerprint density at radius 2 is 2.11 bits per heavy atom. The zero-order chi connectivity index (χ0) is 13.3. The first-order valence-electron chi connectivity index (χ1n) is 7.30. The first kappa shape index (κ1) is 14.3. The molecule has 0 amide bonds. The van der Waals surface area contributed by atoms with Gasteiger partial charge in [-0.15, -0.1) is 0 Å². The van der Waals surface area contributed by atoms with E-state index in [0.29, 0.717) is 12.1 Å². The predicted molar refractivity (Wildman–Crippen MR) is 76.8 cm³/mol. The molecule has 2 aliphatic rings. The summed E-state index contributed by atoms with van der Waals surface area (Å²) in [7, 11) is 6.59. The highest BCUT2D eigenvalue weighted by Gasteiger charge is 2.47. The number of nitrogens with zero attached hydrogens (tertiary/aromatic N) is 3. The van der Waals surface area contributed by atoms with E-state index in [-0.39, 0.29) is 5.54 Å². The monoisotopic (exact) mass is 254 g/mol. The second-order valence-electron chi connectivity index (χ2n) is 6.65. The zero-order valence-electron chi connectivity index (χ0n) is 12.5. The fourth-order valence-corrected chi connectivity index (χ4v) is 3.94. The predicted octanol–water partition coefficient (Wildman–Crippen LogP) is 0.434. The number of nitrogens with two attached hydrogens (primary N) is 1. The molecule has 0 radical (unpaired) electrons. The van der Waals surface area contributed by atoms with Crippen molar-refractivity contribution in [2.45, 2.75) is 43.8 Å². The summed E-state index contributed by atoms with van der Waals surface area (Å²) in [6.07, 6.45) is 3.89. The molecular formula is C14H30N4. The average Bonchev–Trinajstić information content (AvgIpc) is 2.85.